The van der Waals surface area contributed by atoms with E-state index in [9.17, 15) is 9.90 Å². The number of nitrogens with zero attached hydrogens (tertiary/aromatic N) is 2. The van der Waals surface area contributed by atoms with E-state index >= 15 is 0 Å². The van der Waals surface area contributed by atoms with Crippen LogP contribution in [0, 0.1) is 6.92 Å². The van der Waals surface area contributed by atoms with Gasteiger partial charge in [0.05, 0.1) is 14.6 Å². The van der Waals surface area contributed by atoms with Gasteiger partial charge in [-0.2, -0.15) is 0 Å². The van der Waals surface area contributed by atoms with Crippen LogP contribution in [0.1, 0.15) is 34.2 Å². The molecule has 1 N–H and O–H groups in total. The molecule has 0 fully saturated rings. The normalized spacial score (nSPS) is 11.1. The van der Waals surface area contributed by atoms with E-state index in [0.717, 1.165) is 16.9 Å². The van der Waals surface area contributed by atoms with Crippen molar-refractivity contribution in [2.45, 2.75) is 20.3 Å². The van der Waals surface area contributed by atoms with Crippen LogP contribution >= 0.6 is 31.9 Å². The summed E-state index contributed by atoms with van der Waals surface area (Å²) in [4.78, 5) is 17.6. The number of aromatic nitrogens is 2. The lowest BCUT2D eigenvalue weighted by Gasteiger charge is -2.07. The van der Waals surface area contributed by atoms with E-state index < -0.39 is 0 Å². The molecule has 6 heteroatoms. The van der Waals surface area contributed by atoms with Crippen molar-refractivity contribution in [1.82, 2.24) is 9.38 Å². The number of pyridine rings is 1. The second-order valence-electron chi connectivity index (χ2n) is 5.31. The Morgan fingerprint density at radius 3 is 2.52 bits per heavy atom. The van der Waals surface area contributed by atoms with E-state index in [1.54, 1.807) is 12.1 Å². The average Bonchev–Trinajstić information content (AvgIpc) is 2.88. The summed E-state index contributed by atoms with van der Waals surface area (Å²) in [6, 6.07) is 7.15. The molecule has 3 aromatic rings. The van der Waals surface area contributed by atoms with Crippen LogP contribution in [-0.2, 0) is 6.42 Å². The second kappa shape index (κ2) is 6.09. The molecule has 0 aliphatic heterocycles. The standard InChI is InChI=1S/C17H14Br2N2O2/c1-3-13-15(21-5-4-9(2)6-14(21)20-13)16(22)10-7-11(18)17(23)12(19)8-10/h4-8,23H,3H2,1-2H3. The quantitative estimate of drug-likeness (QED) is 0.606. The number of carbonyl (C=O) groups is 1. The molecule has 23 heavy (non-hydrogen) atoms. The molecule has 0 atom stereocenters. The van der Waals surface area contributed by atoms with Crippen LogP contribution in [0.3, 0.4) is 0 Å². The highest BCUT2D eigenvalue weighted by Gasteiger charge is 2.21. The monoisotopic (exact) mass is 436 g/mol. The maximum Gasteiger partial charge on any atom is 0.211 e. The molecule has 0 amide bonds. The fraction of sp³-hybridized carbons (Fsp3) is 0.176. The maximum atomic E-state index is 13.0. The minimum atomic E-state index is -0.125. The summed E-state index contributed by atoms with van der Waals surface area (Å²) >= 11 is 6.54. The van der Waals surface area contributed by atoms with Gasteiger partial charge in [0.1, 0.15) is 17.1 Å². The maximum absolute atomic E-state index is 13.0. The fourth-order valence-electron chi connectivity index (χ4n) is 2.52. The molecule has 0 unspecified atom stereocenters. The van der Waals surface area contributed by atoms with Crippen LogP contribution in [0.5, 0.6) is 5.75 Å². The average molecular weight is 438 g/mol. The van der Waals surface area contributed by atoms with Crippen LogP contribution in [0.2, 0.25) is 0 Å². The van der Waals surface area contributed by atoms with Crippen molar-refractivity contribution >= 4 is 43.3 Å². The molecular weight excluding hydrogens is 424 g/mol. The van der Waals surface area contributed by atoms with Crippen molar-refractivity contribution < 1.29 is 9.90 Å². The number of phenolic OH excluding ortho intramolecular Hbond substituents is 1. The first kappa shape index (κ1) is 16.2. The van der Waals surface area contributed by atoms with Gasteiger partial charge in [0, 0.05) is 11.8 Å². The molecular formula is C17H14Br2N2O2. The number of ketones is 1. The molecule has 2 aromatic heterocycles. The highest BCUT2D eigenvalue weighted by Crippen LogP contribution is 2.34. The molecule has 0 spiro atoms. The third-order valence-corrected chi connectivity index (χ3v) is 4.89. The summed E-state index contributed by atoms with van der Waals surface area (Å²) in [6.07, 6.45) is 2.54. The lowest BCUT2D eigenvalue weighted by atomic mass is 10.1. The third-order valence-electron chi connectivity index (χ3n) is 3.68. The van der Waals surface area contributed by atoms with Gasteiger partial charge < -0.3 is 5.11 Å². The number of aromatic hydroxyl groups is 1. The molecule has 2 heterocycles. The van der Waals surface area contributed by atoms with E-state index in [4.69, 9.17) is 0 Å². The molecule has 0 saturated heterocycles. The molecule has 118 valence electrons. The zero-order valence-electron chi connectivity index (χ0n) is 12.6. The molecule has 0 radical (unpaired) electrons. The Balaban J connectivity index is 2.21. The molecule has 0 aliphatic carbocycles. The summed E-state index contributed by atoms with van der Waals surface area (Å²) in [7, 11) is 0. The highest BCUT2D eigenvalue weighted by atomic mass is 79.9. The Morgan fingerprint density at radius 2 is 1.91 bits per heavy atom. The van der Waals surface area contributed by atoms with Crippen LogP contribution in [0.25, 0.3) is 5.65 Å². The first-order chi connectivity index (χ1) is 10.9. The van der Waals surface area contributed by atoms with E-state index in [0.29, 0.717) is 26.6 Å². The number of benzene rings is 1. The molecule has 3 rings (SSSR count). The minimum absolute atomic E-state index is 0.0750. The SMILES string of the molecule is CCc1nc2cc(C)ccn2c1C(=O)c1cc(Br)c(O)c(Br)c1. The highest BCUT2D eigenvalue weighted by molar-refractivity contribution is 9.11. The van der Waals surface area contributed by atoms with E-state index in [-0.39, 0.29) is 11.5 Å². The van der Waals surface area contributed by atoms with Gasteiger partial charge in [-0.3, -0.25) is 9.20 Å². The van der Waals surface area contributed by atoms with Crippen molar-refractivity contribution in [3.05, 3.63) is 61.9 Å². The number of carbonyl (C=O) groups excluding carboxylic acids is 1. The van der Waals surface area contributed by atoms with Gasteiger partial charge in [0.15, 0.2) is 0 Å². The van der Waals surface area contributed by atoms with Gasteiger partial charge in [-0.1, -0.05) is 6.92 Å². The van der Waals surface area contributed by atoms with Gasteiger partial charge in [-0.25, -0.2) is 4.98 Å². The predicted molar refractivity (Wildman–Crippen MR) is 96.2 cm³/mol. The first-order valence-electron chi connectivity index (χ1n) is 7.12. The fourth-order valence-corrected chi connectivity index (χ4v) is 3.70. The van der Waals surface area contributed by atoms with E-state index in [2.05, 4.69) is 36.8 Å². The van der Waals surface area contributed by atoms with E-state index in [1.165, 1.54) is 0 Å². The number of hydrogen-bond acceptors (Lipinski definition) is 3. The first-order valence-corrected chi connectivity index (χ1v) is 8.71. The van der Waals surface area contributed by atoms with Crippen LogP contribution in [0.4, 0.5) is 0 Å². The summed E-state index contributed by atoms with van der Waals surface area (Å²) < 4.78 is 2.76. The Hall–Kier alpha value is -1.66. The molecule has 0 aliphatic rings. The van der Waals surface area contributed by atoms with E-state index in [1.807, 2.05) is 36.6 Å². The zero-order chi connectivity index (χ0) is 16.7. The zero-order valence-corrected chi connectivity index (χ0v) is 15.8. The van der Waals surface area contributed by atoms with Crippen molar-refractivity contribution in [2.24, 2.45) is 0 Å². The topological polar surface area (TPSA) is 54.6 Å². The largest absolute Gasteiger partial charge is 0.506 e. The second-order valence-corrected chi connectivity index (χ2v) is 7.02. The number of rotatable bonds is 3. The van der Waals surface area contributed by atoms with Gasteiger partial charge in [0.2, 0.25) is 5.78 Å². The van der Waals surface area contributed by atoms with Gasteiger partial charge in [-0.05, 0) is 75.0 Å². The molecule has 4 nitrogen and oxygen atoms in total. The number of phenols is 1. The Kier molecular flexibility index (Phi) is 4.29. The van der Waals surface area contributed by atoms with Crippen LogP contribution < -0.4 is 0 Å². The van der Waals surface area contributed by atoms with Crippen LogP contribution in [-0.4, -0.2) is 20.3 Å². The van der Waals surface area contributed by atoms with Crippen molar-refractivity contribution in [3.63, 3.8) is 0 Å². The lowest BCUT2D eigenvalue weighted by Crippen LogP contribution is -2.08. The van der Waals surface area contributed by atoms with Gasteiger partial charge in [-0.15, -0.1) is 0 Å². The third kappa shape index (κ3) is 2.81. The molecule has 0 bridgehead atoms. The van der Waals surface area contributed by atoms with Crippen LogP contribution in [0.15, 0.2) is 39.4 Å². The number of hydrogen-bond donors (Lipinski definition) is 1. The van der Waals surface area contributed by atoms with Crippen molar-refractivity contribution in [2.75, 3.05) is 0 Å². The molecule has 0 saturated carbocycles. The Morgan fingerprint density at radius 1 is 1.26 bits per heavy atom. The van der Waals surface area contributed by atoms with Gasteiger partial charge in [0.25, 0.3) is 0 Å². The number of imidazole rings is 1. The minimum Gasteiger partial charge on any atom is -0.506 e. The summed E-state index contributed by atoms with van der Waals surface area (Å²) in [5, 5.41) is 9.82. The van der Waals surface area contributed by atoms with Crippen molar-refractivity contribution in [3.8, 4) is 5.75 Å². The Bertz CT molecular complexity index is 909. The summed E-state index contributed by atoms with van der Waals surface area (Å²) in [5.41, 5.74) is 3.67. The lowest BCUT2D eigenvalue weighted by molar-refractivity contribution is 0.103. The Labute approximate surface area is 150 Å². The van der Waals surface area contributed by atoms with Crippen molar-refractivity contribution in [1.29, 1.82) is 0 Å². The number of halogens is 2. The predicted octanol–water partition coefficient (Wildman–Crippen LogP) is 4.67. The number of aryl methyl sites for hydroxylation is 2. The summed E-state index contributed by atoms with van der Waals surface area (Å²) in [6.45, 7) is 3.98. The molecule has 1 aromatic carbocycles. The summed E-state index contributed by atoms with van der Waals surface area (Å²) in [5.74, 6) is -0.0503. The number of fused-ring (bicyclic) bond motifs is 1. The van der Waals surface area contributed by atoms with Gasteiger partial charge >= 0.3 is 0 Å². The smallest absolute Gasteiger partial charge is 0.211 e.